The fraction of sp³-hybridized carbons (Fsp3) is 0. The van der Waals surface area contributed by atoms with Crippen molar-refractivity contribution in [2.45, 2.75) is 0 Å². The largest absolute Gasteiger partial charge is 0.269 e. The lowest BCUT2D eigenvalue weighted by molar-refractivity contribution is 0.562. The van der Waals surface area contributed by atoms with E-state index in [0.717, 1.165) is 18.2 Å². The number of rotatable bonds is 0. The van der Waals surface area contributed by atoms with Crippen LogP contribution in [0.2, 0.25) is 0 Å². The van der Waals surface area contributed by atoms with Gasteiger partial charge in [0.1, 0.15) is 0 Å². The van der Waals surface area contributed by atoms with E-state index in [1.807, 2.05) is 0 Å². The summed E-state index contributed by atoms with van der Waals surface area (Å²) in [5, 5.41) is 16.2. The Hall–Kier alpha value is -1.93. The molecule has 6 nitrogen and oxygen atoms in total. The topological polar surface area (TPSA) is 123 Å². The van der Waals surface area contributed by atoms with Crippen molar-refractivity contribution in [1.29, 1.82) is 16.2 Å². The minimum atomic E-state index is 0. The molecular weight excluding hydrogens is 145 g/mol. The third kappa shape index (κ3) is 41.9. The fourth-order valence-corrected chi connectivity index (χ4v) is 0. The van der Waals surface area contributed by atoms with E-state index in [9.17, 15) is 0 Å². The Bertz CT molecular complexity index is 111. The van der Waals surface area contributed by atoms with E-state index >= 15 is 0 Å². The highest BCUT2D eigenvalue weighted by Gasteiger charge is 1.04. The van der Waals surface area contributed by atoms with Crippen molar-refractivity contribution in [2.24, 2.45) is 0 Å². The monoisotopic (exact) mass is 149 g/mol. The van der Waals surface area contributed by atoms with Gasteiger partial charge in [-0.1, -0.05) is 0 Å². The van der Waals surface area contributed by atoms with Crippen molar-refractivity contribution >= 4 is 18.2 Å². The van der Waals surface area contributed by atoms with E-state index in [4.69, 9.17) is 30.6 Å². The molecule has 0 heterocycles. The van der Waals surface area contributed by atoms with E-state index < -0.39 is 0 Å². The average Bonchev–Trinajstić information content (AvgIpc) is 1.70. The quantitative estimate of drug-likeness (QED) is 0.328. The Labute approximate surface area is 54.8 Å². The number of nitrogens with one attached hydrogen (secondary N) is 3. The van der Waals surface area contributed by atoms with Crippen molar-refractivity contribution in [1.82, 2.24) is 0 Å². The van der Waals surface area contributed by atoms with Crippen LogP contribution in [0.1, 0.15) is 0 Å². The highest BCUT2D eigenvalue weighted by atomic mass is 19.0. The number of hydrogen-bond donors (Lipinski definition) is 3. The summed E-state index contributed by atoms with van der Waals surface area (Å²) in [6.07, 6.45) is 2.25. The molecule has 0 amide bonds. The minimum absolute atomic E-state index is 0. The van der Waals surface area contributed by atoms with Crippen molar-refractivity contribution in [3.05, 3.63) is 0 Å². The van der Waals surface area contributed by atoms with Crippen LogP contribution < -0.4 is 0 Å². The van der Waals surface area contributed by atoms with Crippen LogP contribution in [0.25, 0.3) is 0 Å². The highest BCUT2D eigenvalue weighted by molar-refractivity contribution is 5.26. The zero-order valence-corrected chi connectivity index (χ0v) is 4.63. The Kier molecular flexibility index (Phi) is 554. The van der Waals surface area contributed by atoms with Crippen LogP contribution >= 0.6 is 0 Å². The summed E-state index contributed by atoms with van der Waals surface area (Å²) >= 11 is 0. The molecule has 56 valence electrons. The van der Waals surface area contributed by atoms with Crippen LogP contribution in [0.15, 0.2) is 0 Å². The summed E-state index contributed by atoms with van der Waals surface area (Å²) in [5.41, 5.74) is 0. The van der Waals surface area contributed by atoms with Crippen LogP contribution in [0.4, 0.5) is 4.70 Å². The van der Waals surface area contributed by atoms with E-state index in [1.54, 1.807) is 0 Å². The minimum Gasteiger partial charge on any atom is -0.269 e. The number of halogens is 1. The molecule has 0 aromatic heterocycles. The van der Waals surface area contributed by atoms with Gasteiger partial charge in [0.15, 0.2) is 0 Å². The molecule has 0 aromatic rings. The van der Waals surface area contributed by atoms with Gasteiger partial charge in [-0.15, -0.1) is 0 Å². The summed E-state index contributed by atoms with van der Waals surface area (Å²) < 4.78 is 0. The molecular formula is C3H4FN3O3. The second-order valence-electron chi connectivity index (χ2n) is 0.306. The van der Waals surface area contributed by atoms with Gasteiger partial charge < -0.3 is 0 Å². The smallest absolute Gasteiger partial charge is 0.231 e. The van der Waals surface area contributed by atoms with Gasteiger partial charge in [-0.3, -0.25) is 4.70 Å². The van der Waals surface area contributed by atoms with Gasteiger partial charge in [0.05, 0.1) is 0 Å². The van der Waals surface area contributed by atoms with Gasteiger partial charge in [0.2, 0.25) is 18.2 Å². The summed E-state index contributed by atoms with van der Waals surface area (Å²) in [6, 6.07) is 0. The molecule has 0 atom stereocenters. The van der Waals surface area contributed by atoms with Crippen LogP contribution in [0.5, 0.6) is 0 Å². The van der Waals surface area contributed by atoms with E-state index in [1.165, 1.54) is 0 Å². The molecule has 7 heteroatoms. The maximum atomic E-state index is 8.35. The van der Waals surface area contributed by atoms with Gasteiger partial charge in [0, 0.05) is 0 Å². The maximum Gasteiger partial charge on any atom is 0.231 e. The Morgan fingerprint density at radius 1 is 0.700 bits per heavy atom. The standard InChI is InChI=1S/3CHNO.FH/c3*2-1-3;/h3*2H;1H. The van der Waals surface area contributed by atoms with Crippen LogP contribution in [-0.2, 0) is 14.4 Å². The predicted molar refractivity (Wildman–Crippen MR) is 27.7 cm³/mol. The number of isocyanates is 3. The van der Waals surface area contributed by atoms with Crippen molar-refractivity contribution in [2.75, 3.05) is 0 Å². The molecule has 0 spiro atoms. The van der Waals surface area contributed by atoms with E-state index in [0.29, 0.717) is 0 Å². The highest BCUT2D eigenvalue weighted by Crippen LogP contribution is 0.874. The maximum absolute atomic E-state index is 8.35. The molecule has 0 fully saturated rings. The van der Waals surface area contributed by atoms with Crippen LogP contribution in [0, 0.1) is 16.2 Å². The predicted octanol–water partition coefficient (Wildman–Crippen LogP) is -0.145. The summed E-state index contributed by atoms with van der Waals surface area (Å²) in [7, 11) is 0. The molecule has 3 N–H and O–H groups in total. The van der Waals surface area contributed by atoms with Gasteiger partial charge in [-0.2, -0.15) is 0 Å². The molecule has 0 bridgehead atoms. The van der Waals surface area contributed by atoms with E-state index in [-0.39, 0.29) is 4.70 Å². The van der Waals surface area contributed by atoms with Crippen molar-refractivity contribution in [3.63, 3.8) is 0 Å². The first-order valence-electron chi connectivity index (χ1n) is 1.36. The summed E-state index contributed by atoms with van der Waals surface area (Å²) in [4.78, 5) is 25.0. The summed E-state index contributed by atoms with van der Waals surface area (Å²) in [6.45, 7) is 0. The molecule has 0 saturated carbocycles. The first-order valence-corrected chi connectivity index (χ1v) is 1.36. The van der Waals surface area contributed by atoms with Gasteiger partial charge in [-0.25, -0.2) is 30.6 Å². The van der Waals surface area contributed by atoms with Crippen LogP contribution in [-0.4, -0.2) is 18.2 Å². The Balaban J connectivity index is -0.0000000257. The molecule has 0 aliphatic rings. The Morgan fingerprint density at radius 2 is 0.700 bits per heavy atom. The fourth-order valence-electron chi connectivity index (χ4n) is 0. The third-order valence-electron chi connectivity index (χ3n) is 0. The second kappa shape index (κ2) is 228. The Morgan fingerprint density at radius 3 is 0.700 bits per heavy atom. The first kappa shape index (κ1) is 24.4. The molecule has 0 saturated heterocycles. The zero-order valence-electron chi connectivity index (χ0n) is 4.63. The molecule has 0 aliphatic heterocycles. The van der Waals surface area contributed by atoms with Crippen molar-refractivity contribution < 1.29 is 19.1 Å². The first-order chi connectivity index (χ1) is 4.24. The normalized spacial score (nSPS) is 2.40. The lowest BCUT2D eigenvalue weighted by Crippen LogP contribution is -1.16. The lowest BCUT2D eigenvalue weighted by Gasteiger charge is -1.02. The number of carbonyl (C=O) groups excluding carboxylic acids is 3. The van der Waals surface area contributed by atoms with E-state index in [2.05, 4.69) is 0 Å². The third-order valence-corrected chi connectivity index (χ3v) is 0. The lowest BCUT2D eigenvalue weighted by atomic mass is 11.7. The molecule has 0 aliphatic carbocycles. The molecule has 10 heavy (non-hydrogen) atoms. The zero-order chi connectivity index (χ0) is 8.12. The molecule has 0 radical (unpaired) electrons. The molecule has 0 unspecified atom stereocenters. The SMILES string of the molecule is F.N=C=O.N=C=O.N=C=O. The van der Waals surface area contributed by atoms with Gasteiger partial charge in [-0.05, 0) is 0 Å². The van der Waals surface area contributed by atoms with Gasteiger partial charge in [0.25, 0.3) is 0 Å². The molecule has 0 rings (SSSR count). The molecule has 0 aromatic carbocycles. The van der Waals surface area contributed by atoms with Crippen LogP contribution in [0.3, 0.4) is 0 Å². The van der Waals surface area contributed by atoms with Crippen molar-refractivity contribution in [3.8, 4) is 0 Å². The average molecular weight is 149 g/mol. The van der Waals surface area contributed by atoms with Gasteiger partial charge >= 0.3 is 0 Å². The summed E-state index contributed by atoms with van der Waals surface area (Å²) in [5.74, 6) is 0. The number of hydrogen-bond acceptors (Lipinski definition) is 6. The second-order valence-corrected chi connectivity index (χ2v) is 0.306.